The molecule has 0 aliphatic carbocycles. The Morgan fingerprint density at radius 3 is 2.36 bits per heavy atom. The van der Waals surface area contributed by atoms with Crippen molar-refractivity contribution in [3.8, 4) is 23.0 Å². The molecule has 2 heterocycles. The molecule has 0 radical (unpaired) electrons. The van der Waals surface area contributed by atoms with E-state index in [1.807, 2.05) is 30.3 Å². The van der Waals surface area contributed by atoms with Crippen LogP contribution in [0.15, 0.2) is 36.4 Å². The Kier molecular flexibility index (Phi) is 6.73. The molecule has 10 heteroatoms. The lowest BCUT2D eigenvalue weighted by molar-refractivity contribution is -0.277. The van der Waals surface area contributed by atoms with Gasteiger partial charge in [0.15, 0.2) is 17.3 Å². The van der Waals surface area contributed by atoms with Gasteiger partial charge in [0.1, 0.15) is 41.8 Å². The summed E-state index contributed by atoms with van der Waals surface area (Å²) in [5.74, 6) is 0.190. The Labute approximate surface area is 189 Å². The largest absolute Gasteiger partial charge is 0.493 e. The van der Waals surface area contributed by atoms with Crippen molar-refractivity contribution >= 4 is 5.78 Å². The topological polar surface area (TPSA) is 144 Å². The maximum Gasteiger partial charge on any atom is 0.229 e. The van der Waals surface area contributed by atoms with Gasteiger partial charge in [0, 0.05) is 6.07 Å². The van der Waals surface area contributed by atoms with Gasteiger partial charge in [-0.3, -0.25) is 4.79 Å². The first-order chi connectivity index (χ1) is 15.9. The number of carbonyl (C=O) groups is 1. The molecule has 4 N–H and O–H groups in total. The maximum atomic E-state index is 13.2. The van der Waals surface area contributed by atoms with Crippen molar-refractivity contribution < 1.29 is 48.9 Å². The lowest BCUT2D eigenvalue weighted by Crippen LogP contribution is -2.60. The minimum atomic E-state index is -1.65. The number of ether oxygens (including phenoxy) is 5. The minimum absolute atomic E-state index is 0.0245. The molecule has 2 aliphatic rings. The minimum Gasteiger partial charge on any atom is -0.493 e. The standard InChI is InChI=1S/C23H26O10/c1-29-15-9-14(32-23-20(28)19(27)18(26)16(10-24)33-23)17-12(25)8-13(11-6-4-3-5-7-11)31-22(17)21(15)30-2/h3-7,9,13,16,18-20,23-24,26-28H,8,10H2,1-2H3/t13-,16+,18+,19-,20+,23+/m0/s1. The van der Waals surface area contributed by atoms with Crippen molar-refractivity contribution in [2.75, 3.05) is 20.8 Å². The molecule has 10 nitrogen and oxygen atoms in total. The zero-order chi connectivity index (χ0) is 23.7. The summed E-state index contributed by atoms with van der Waals surface area (Å²) in [4.78, 5) is 13.2. The van der Waals surface area contributed by atoms with Crippen molar-refractivity contribution in [3.05, 3.63) is 47.5 Å². The third-order valence-corrected chi connectivity index (χ3v) is 5.76. The normalized spacial score (nSPS) is 29.1. The summed E-state index contributed by atoms with van der Waals surface area (Å²) in [5, 5.41) is 39.9. The van der Waals surface area contributed by atoms with Gasteiger partial charge in [-0.1, -0.05) is 30.3 Å². The van der Waals surface area contributed by atoms with Crippen molar-refractivity contribution in [2.45, 2.75) is 43.2 Å². The van der Waals surface area contributed by atoms with E-state index in [0.717, 1.165) is 5.56 Å². The predicted molar refractivity (Wildman–Crippen MR) is 113 cm³/mol. The van der Waals surface area contributed by atoms with Crippen LogP contribution in [0, 0.1) is 0 Å². The summed E-state index contributed by atoms with van der Waals surface area (Å²) in [7, 11) is 2.82. The second kappa shape index (κ2) is 9.54. The highest BCUT2D eigenvalue weighted by atomic mass is 16.7. The Morgan fingerprint density at radius 2 is 1.73 bits per heavy atom. The maximum absolute atomic E-state index is 13.2. The summed E-state index contributed by atoms with van der Waals surface area (Å²) in [5.41, 5.74) is 0.870. The number of benzene rings is 2. The average molecular weight is 462 g/mol. The highest BCUT2D eigenvalue weighted by Gasteiger charge is 2.46. The molecular weight excluding hydrogens is 436 g/mol. The quantitative estimate of drug-likeness (QED) is 0.481. The zero-order valence-electron chi connectivity index (χ0n) is 18.1. The fraction of sp³-hybridized carbons (Fsp3) is 0.435. The van der Waals surface area contributed by atoms with E-state index in [2.05, 4.69) is 0 Å². The Bertz CT molecular complexity index is 992. The van der Waals surface area contributed by atoms with E-state index in [1.165, 1.54) is 20.3 Å². The molecule has 2 aliphatic heterocycles. The number of ketones is 1. The van der Waals surface area contributed by atoms with Crippen LogP contribution in [-0.4, -0.2) is 77.7 Å². The van der Waals surface area contributed by atoms with Crippen molar-refractivity contribution in [1.82, 2.24) is 0 Å². The molecule has 0 aromatic heterocycles. The second-order valence-electron chi connectivity index (χ2n) is 7.77. The number of carbonyl (C=O) groups excluding carboxylic acids is 1. The van der Waals surface area contributed by atoms with Gasteiger partial charge >= 0.3 is 0 Å². The molecule has 0 saturated carbocycles. The molecule has 178 valence electrons. The summed E-state index contributed by atoms with van der Waals surface area (Å²) in [6.07, 6.45) is -8.01. The smallest absolute Gasteiger partial charge is 0.229 e. The fourth-order valence-electron chi connectivity index (χ4n) is 4.01. The van der Waals surface area contributed by atoms with E-state index in [4.69, 9.17) is 23.7 Å². The summed E-state index contributed by atoms with van der Waals surface area (Å²) >= 11 is 0. The SMILES string of the molecule is COc1cc(O[C@@H]2O[C@H](CO)[C@@H](O)[C@H](O)[C@H]2O)c2c(c1OC)O[C@H](c1ccccc1)CC2=O. The molecule has 33 heavy (non-hydrogen) atoms. The lowest BCUT2D eigenvalue weighted by Gasteiger charge is -2.40. The van der Waals surface area contributed by atoms with Crippen LogP contribution in [-0.2, 0) is 4.74 Å². The van der Waals surface area contributed by atoms with E-state index in [1.54, 1.807) is 0 Å². The molecular formula is C23H26O10. The van der Waals surface area contributed by atoms with Crippen molar-refractivity contribution in [2.24, 2.45) is 0 Å². The molecule has 6 atom stereocenters. The third kappa shape index (κ3) is 4.23. The number of aliphatic hydroxyl groups excluding tert-OH is 4. The first-order valence-corrected chi connectivity index (χ1v) is 10.4. The van der Waals surface area contributed by atoms with E-state index in [0.29, 0.717) is 0 Å². The van der Waals surface area contributed by atoms with E-state index < -0.39 is 43.4 Å². The molecule has 1 fully saturated rings. The van der Waals surface area contributed by atoms with Gasteiger partial charge in [0.05, 0.1) is 27.2 Å². The highest BCUT2D eigenvalue weighted by Crippen LogP contribution is 2.50. The second-order valence-corrected chi connectivity index (χ2v) is 7.77. The van der Waals surface area contributed by atoms with Crippen LogP contribution < -0.4 is 18.9 Å². The van der Waals surface area contributed by atoms with E-state index >= 15 is 0 Å². The van der Waals surface area contributed by atoms with Gasteiger partial charge < -0.3 is 44.1 Å². The molecule has 0 spiro atoms. The number of rotatable bonds is 6. The van der Waals surface area contributed by atoms with Crippen molar-refractivity contribution in [1.29, 1.82) is 0 Å². The average Bonchev–Trinajstić information content (AvgIpc) is 2.84. The van der Waals surface area contributed by atoms with Crippen LogP contribution in [0.2, 0.25) is 0 Å². The summed E-state index contributed by atoms with van der Waals surface area (Å²) < 4.78 is 28.2. The molecule has 4 rings (SSSR count). The van der Waals surface area contributed by atoms with Gasteiger partial charge in [-0.25, -0.2) is 0 Å². The van der Waals surface area contributed by atoms with Crippen LogP contribution >= 0.6 is 0 Å². The number of Topliss-reactive ketones (excluding diaryl/α,β-unsaturated/α-hetero) is 1. The first kappa shape index (κ1) is 23.3. The summed E-state index contributed by atoms with van der Waals surface area (Å²) in [6.45, 7) is -0.615. The number of aliphatic hydroxyl groups is 4. The van der Waals surface area contributed by atoms with Crippen LogP contribution in [0.4, 0.5) is 0 Å². The molecule has 0 bridgehead atoms. The molecule has 0 amide bonds. The van der Waals surface area contributed by atoms with Crippen LogP contribution in [0.25, 0.3) is 0 Å². The van der Waals surface area contributed by atoms with Gasteiger partial charge in [-0.2, -0.15) is 0 Å². The zero-order valence-corrected chi connectivity index (χ0v) is 18.1. The molecule has 2 aromatic carbocycles. The number of fused-ring (bicyclic) bond motifs is 1. The Balaban J connectivity index is 1.74. The number of methoxy groups -OCH3 is 2. The van der Waals surface area contributed by atoms with Crippen LogP contribution in [0.5, 0.6) is 23.0 Å². The molecule has 1 saturated heterocycles. The first-order valence-electron chi connectivity index (χ1n) is 10.4. The van der Waals surface area contributed by atoms with Gasteiger partial charge in [0.2, 0.25) is 12.0 Å². The van der Waals surface area contributed by atoms with Gasteiger partial charge in [-0.05, 0) is 5.56 Å². The monoisotopic (exact) mass is 462 g/mol. The molecule has 0 unspecified atom stereocenters. The van der Waals surface area contributed by atoms with Crippen molar-refractivity contribution in [3.63, 3.8) is 0 Å². The summed E-state index contributed by atoms with van der Waals surface area (Å²) in [6, 6.07) is 10.6. The Hall–Kier alpha value is -2.89. The van der Waals surface area contributed by atoms with Crippen LogP contribution in [0.1, 0.15) is 28.4 Å². The fourth-order valence-corrected chi connectivity index (χ4v) is 4.01. The van der Waals surface area contributed by atoms with E-state index in [9.17, 15) is 25.2 Å². The lowest BCUT2D eigenvalue weighted by atomic mass is 9.94. The van der Waals surface area contributed by atoms with Crippen LogP contribution in [0.3, 0.4) is 0 Å². The number of hydrogen-bond acceptors (Lipinski definition) is 10. The number of hydrogen-bond donors (Lipinski definition) is 4. The Morgan fingerprint density at radius 1 is 1.00 bits per heavy atom. The van der Waals surface area contributed by atoms with Gasteiger partial charge in [-0.15, -0.1) is 0 Å². The predicted octanol–water partition coefficient (Wildman–Crippen LogP) is 0.589. The molecule has 2 aromatic rings. The van der Waals surface area contributed by atoms with Gasteiger partial charge in [0.25, 0.3) is 0 Å². The highest BCUT2D eigenvalue weighted by molar-refractivity contribution is 6.04. The van der Waals surface area contributed by atoms with E-state index in [-0.39, 0.29) is 40.8 Å². The third-order valence-electron chi connectivity index (χ3n) is 5.76.